The van der Waals surface area contributed by atoms with Crippen molar-refractivity contribution < 1.29 is 17.9 Å². The molecule has 0 saturated carbocycles. The maximum atomic E-state index is 12.6. The predicted molar refractivity (Wildman–Crippen MR) is 104 cm³/mol. The summed E-state index contributed by atoms with van der Waals surface area (Å²) in [5.41, 5.74) is 2.43. The first kappa shape index (κ1) is 18.5. The number of morpholine rings is 1. The number of para-hydroxylation sites is 2. The molecule has 140 valence electrons. The second-order valence-electron chi connectivity index (χ2n) is 6.14. The van der Waals surface area contributed by atoms with Crippen molar-refractivity contribution in [1.82, 2.24) is 0 Å². The Labute approximate surface area is 154 Å². The molecule has 7 heteroatoms. The smallest absolute Gasteiger partial charge is 0.233 e. The Balaban J connectivity index is 1.69. The summed E-state index contributed by atoms with van der Waals surface area (Å²) in [7, 11) is -1.87. The number of ether oxygens (including phenoxy) is 2. The van der Waals surface area contributed by atoms with Crippen LogP contribution in [0.15, 0.2) is 48.5 Å². The van der Waals surface area contributed by atoms with Gasteiger partial charge in [-0.3, -0.25) is 4.72 Å². The number of nitrogens with one attached hydrogen (secondary N) is 1. The fourth-order valence-corrected chi connectivity index (χ4v) is 4.05. The maximum Gasteiger partial charge on any atom is 0.233 e. The van der Waals surface area contributed by atoms with Crippen LogP contribution >= 0.6 is 0 Å². The summed E-state index contributed by atoms with van der Waals surface area (Å²) in [6, 6.07) is 15.0. The third-order valence-electron chi connectivity index (χ3n) is 4.31. The number of anilines is 2. The second-order valence-corrected chi connectivity index (χ2v) is 7.98. The van der Waals surface area contributed by atoms with E-state index in [0.717, 1.165) is 30.1 Å². The normalized spacial score (nSPS) is 14.9. The number of rotatable bonds is 7. The van der Waals surface area contributed by atoms with E-state index < -0.39 is 10.0 Å². The standard InChI is InChI=1S/C19H24N2O4S/c1-24-17-6-4-5-16(15-17)9-14-26(22,23)20-18-7-2-3-8-19(18)21-10-12-25-13-11-21/h2-8,15,20H,9-14H2,1H3. The Morgan fingerprint density at radius 3 is 2.65 bits per heavy atom. The first-order valence-electron chi connectivity index (χ1n) is 8.62. The van der Waals surface area contributed by atoms with E-state index in [1.54, 1.807) is 13.2 Å². The van der Waals surface area contributed by atoms with Crippen molar-refractivity contribution in [2.24, 2.45) is 0 Å². The van der Waals surface area contributed by atoms with Gasteiger partial charge in [-0.25, -0.2) is 8.42 Å². The predicted octanol–water partition coefficient (Wildman–Crippen LogP) is 2.52. The molecular formula is C19H24N2O4S. The van der Waals surface area contributed by atoms with Crippen molar-refractivity contribution in [1.29, 1.82) is 0 Å². The van der Waals surface area contributed by atoms with Crippen LogP contribution in [0.1, 0.15) is 5.56 Å². The van der Waals surface area contributed by atoms with E-state index in [9.17, 15) is 8.42 Å². The lowest BCUT2D eigenvalue weighted by Gasteiger charge is -2.30. The quantitative estimate of drug-likeness (QED) is 0.804. The molecule has 2 aromatic carbocycles. The first-order valence-corrected chi connectivity index (χ1v) is 10.3. The monoisotopic (exact) mass is 376 g/mol. The second kappa shape index (κ2) is 8.42. The molecule has 1 saturated heterocycles. The molecule has 1 aliphatic rings. The summed E-state index contributed by atoms with van der Waals surface area (Å²) < 4.78 is 38.5. The van der Waals surface area contributed by atoms with E-state index in [4.69, 9.17) is 9.47 Å². The average molecular weight is 376 g/mol. The summed E-state index contributed by atoms with van der Waals surface area (Å²) in [4.78, 5) is 2.14. The Morgan fingerprint density at radius 2 is 1.88 bits per heavy atom. The van der Waals surface area contributed by atoms with Crippen LogP contribution in [0.4, 0.5) is 11.4 Å². The Bertz CT molecular complexity index is 833. The fourth-order valence-electron chi connectivity index (χ4n) is 2.94. The van der Waals surface area contributed by atoms with E-state index in [1.807, 2.05) is 42.5 Å². The van der Waals surface area contributed by atoms with Crippen LogP contribution < -0.4 is 14.4 Å². The number of benzene rings is 2. The van der Waals surface area contributed by atoms with Crippen LogP contribution in [0.3, 0.4) is 0 Å². The number of hydrogen-bond acceptors (Lipinski definition) is 5. The van der Waals surface area contributed by atoms with Gasteiger partial charge in [-0.05, 0) is 36.2 Å². The van der Waals surface area contributed by atoms with Gasteiger partial charge in [0.1, 0.15) is 5.75 Å². The third-order valence-corrected chi connectivity index (χ3v) is 5.59. The van der Waals surface area contributed by atoms with Gasteiger partial charge in [-0.15, -0.1) is 0 Å². The van der Waals surface area contributed by atoms with Gasteiger partial charge < -0.3 is 14.4 Å². The van der Waals surface area contributed by atoms with Crippen molar-refractivity contribution >= 4 is 21.4 Å². The largest absolute Gasteiger partial charge is 0.497 e. The van der Waals surface area contributed by atoms with Crippen LogP contribution in [0, 0.1) is 0 Å². The van der Waals surface area contributed by atoms with Gasteiger partial charge in [-0.2, -0.15) is 0 Å². The summed E-state index contributed by atoms with van der Waals surface area (Å²) in [6.45, 7) is 2.80. The molecule has 3 rings (SSSR count). The summed E-state index contributed by atoms with van der Waals surface area (Å²) in [5, 5.41) is 0. The summed E-state index contributed by atoms with van der Waals surface area (Å²) >= 11 is 0. The maximum absolute atomic E-state index is 12.6. The molecular weight excluding hydrogens is 352 g/mol. The highest BCUT2D eigenvalue weighted by Crippen LogP contribution is 2.27. The van der Waals surface area contributed by atoms with Gasteiger partial charge in [-0.1, -0.05) is 24.3 Å². The van der Waals surface area contributed by atoms with Gasteiger partial charge in [0, 0.05) is 13.1 Å². The summed E-state index contributed by atoms with van der Waals surface area (Å²) in [5.74, 6) is 0.739. The van der Waals surface area contributed by atoms with E-state index >= 15 is 0 Å². The van der Waals surface area contributed by atoms with Gasteiger partial charge in [0.25, 0.3) is 0 Å². The van der Waals surface area contributed by atoms with Crippen LogP contribution in [0.2, 0.25) is 0 Å². The lowest BCUT2D eigenvalue weighted by molar-refractivity contribution is 0.123. The molecule has 1 fully saturated rings. The molecule has 2 aromatic rings. The Kier molecular flexibility index (Phi) is 6.00. The topological polar surface area (TPSA) is 67.9 Å². The molecule has 0 spiro atoms. The van der Waals surface area contributed by atoms with E-state index in [1.165, 1.54) is 0 Å². The number of methoxy groups -OCH3 is 1. The molecule has 0 atom stereocenters. The molecule has 0 radical (unpaired) electrons. The molecule has 0 aromatic heterocycles. The lowest BCUT2D eigenvalue weighted by Crippen LogP contribution is -2.36. The first-order chi connectivity index (χ1) is 12.6. The van der Waals surface area contributed by atoms with Gasteiger partial charge >= 0.3 is 0 Å². The minimum atomic E-state index is -3.46. The minimum absolute atomic E-state index is 0.0115. The average Bonchev–Trinajstić information content (AvgIpc) is 2.67. The molecule has 0 amide bonds. The fraction of sp³-hybridized carbons (Fsp3) is 0.368. The number of nitrogens with zero attached hydrogens (tertiary/aromatic N) is 1. The number of hydrogen-bond donors (Lipinski definition) is 1. The number of sulfonamides is 1. The molecule has 1 heterocycles. The van der Waals surface area contributed by atoms with Crippen LogP contribution in [0.25, 0.3) is 0 Å². The van der Waals surface area contributed by atoms with E-state index in [0.29, 0.717) is 25.3 Å². The Morgan fingerprint density at radius 1 is 1.12 bits per heavy atom. The van der Waals surface area contributed by atoms with E-state index in [-0.39, 0.29) is 5.75 Å². The minimum Gasteiger partial charge on any atom is -0.497 e. The highest BCUT2D eigenvalue weighted by Gasteiger charge is 2.18. The van der Waals surface area contributed by atoms with Gasteiger partial charge in [0.05, 0.1) is 37.5 Å². The third kappa shape index (κ3) is 4.89. The van der Waals surface area contributed by atoms with Gasteiger partial charge in [0.15, 0.2) is 0 Å². The highest BCUT2D eigenvalue weighted by molar-refractivity contribution is 7.92. The SMILES string of the molecule is COc1cccc(CCS(=O)(=O)Nc2ccccc2N2CCOCC2)c1. The zero-order valence-corrected chi connectivity index (χ0v) is 15.7. The zero-order chi connectivity index (χ0) is 18.4. The molecule has 6 nitrogen and oxygen atoms in total. The highest BCUT2D eigenvalue weighted by atomic mass is 32.2. The van der Waals surface area contributed by atoms with Crippen LogP contribution in [-0.2, 0) is 21.2 Å². The van der Waals surface area contributed by atoms with Gasteiger partial charge in [0.2, 0.25) is 10.0 Å². The molecule has 0 bridgehead atoms. The molecule has 1 aliphatic heterocycles. The Hall–Kier alpha value is -2.25. The van der Waals surface area contributed by atoms with Crippen molar-refractivity contribution in [3.05, 3.63) is 54.1 Å². The van der Waals surface area contributed by atoms with Crippen molar-refractivity contribution in [2.45, 2.75) is 6.42 Å². The molecule has 0 aliphatic carbocycles. The van der Waals surface area contributed by atoms with Crippen molar-refractivity contribution in [2.75, 3.05) is 48.8 Å². The molecule has 1 N–H and O–H groups in total. The summed E-state index contributed by atoms with van der Waals surface area (Å²) in [6.07, 6.45) is 0.423. The number of aryl methyl sites for hydroxylation is 1. The van der Waals surface area contributed by atoms with Crippen molar-refractivity contribution in [3.8, 4) is 5.75 Å². The van der Waals surface area contributed by atoms with Crippen molar-refractivity contribution in [3.63, 3.8) is 0 Å². The van der Waals surface area contributed by atoms with Crippen LogP contribution in [0.5, 0.6) is 5.75 Å². The molecule has 26 heavy (non-hydrogen) atoms. The zero-order valence-electron chi connectivity index (χ0n) is 14.8. The molecule has 0 unspecified atom stereocenters. The van der Waals surface area contributed by atoms with E-state index in [2.05, 4.69) is 9.62 Å². The van der Waals surface area contributed by atoms with Crippen LogP contribution in [-0.4, -0.2) is 47.6 Å². The lowest BCUT2D eigenvalue weighted by atomic mass is 10.2.